The molecule has 1 fully saturated rings. The van der Waals surface area contributed by atoms with Crippen LogP contribution in [0.1, 0.15) is 16.8 Å². The van der Waals surface area contributed by atoms with E-state index in [1.165, 1.54) is 17.0 Å². The van der Waals surface area contributed by atoms with E-state index in [1.54, 1.807) is 0 Å². The lowest BCUT2D eigenvalue weighted by molar-refractivity contribution is -0.117. The minimum Gasteiger partial charge on any atom is -0.465 e. The van der Waals surface area contributed by atoms with Crippen molar-refractivity contribution in [3.05, 3.63) is 29.6 Å². The van der Waals surface area contributed by atoms with Gasteiger partial charge in [0.2, 0.25) is 5.91 Å². The zero-order valence-electron chi connectivity index (χ0n) is 11.6. The molecule has 1 aromatic carbocycles. The number of benzene rings is 1. The Morgan fingerprint density at radius 3 is 2.68 bits per heavy atom. The highest BCUT2D eigenvalue weighted by atomic mass is 32.3. The maximum absolute atomic E-state index is 13.8. The van der Waals surface area contributed by atoms with Crippen LogP contribution in [0.2, 0.25) is 0 Å². The minimum absolute atomic E-state index is 0.0288. The fourth-order valence-electron chi connectivity index (χ4n) is 2.37. The predicted octanol–water partition coefficient (Wildman–Crippen LogP) is 1.26. The van der Waals surface area contributed by atoms with Crippen molar-refractivity contribution < 1.29 is 31.0 Å². The van der Waals surface area contributed by atoms with Gasteiger partial charge in [0.15, 0.2) is 0 Å². The number of anilines is 1. The molecule has 22 heavy (non-hydrogen) atoms. The van der Waals surface area contributed by atoms with Crippen LogP contribution in [0, 0.1) is 11.7 Å². The summed E-state index contributed by atoms with van der Waals surface area (Å²) in [6.07, 6.45) is -0.135. The van der Waals surface area contributed by atoms with Gasteiger partial charge in [0.05, 0.1) is 18.4 Å². The molecule has 1 aliphatic heterocycles. The van der Waals surface area contributed by atoms with E-state index in [4.69, 9.17) is 0 Å². The number of hydrogen-bond acceptors (Lipinski definition) is 5. The molecule has 1 saturated heterocycles. The van der Waals surface area contributed by atoms with Crippen molar-refractivity contribution in [1.82, 2.24) is 0 Å². The lowest BCUT2D eigenvalue weighted by atomic mass is 10.1. The summed E-state index contributed by atoms with van der Waals surface area (Å²) in [5.74, 6) is -3.58. The molecule has 1 heterocycles. The van der Waals surface area contributed by atoms with Crippen LogP contribution >= 0.6 is 0 Å². The van der Waals surface area contributed by atoms with Gasteiger partial charge in [-0.25, -0.2) is 9.18 Å². The molecule has 120 valence electrons. The fourth-order valence-corrected chi connectivity index (χ4v) is 3.16. The van der Waals surface area contributed by atoms with Crippen molar-refractivity contribution in [3.63, 3.8) is 0 Å². The van der Waals surface area contributed by atoms with Crippen molar-refractivity contribution in [2.24, 2.45) is 5.92 Å². The summed E-state index contributed by atoms with van der Waals surface area (Å²) in [6, 6.07) is 3.50. The molecular formula is C13H13F2NO5S. The van der Waals surface area contributed by atoms with Crippen LogP contribution in [-0.2, 0) is 19.8 Å². The number of ether oxygens (including phenoxy) is 1. The maximum atomic E-state index is 13.8. The van der Waals surface area contributed by atoms with Gasteiger partial charge in [-0.15, -0.1) is 3.89 Å². The first kappa shape index (κ1) is 16.3. The molecule has 2 rings (SSSR count). The SMILES string of the molecule is COC(=O)c1ccc(N2CC(CS(=O)(=O)F)CC2=O)cc1F. The Bertz CT molecular complexity index is 719. The van der Waals surface area contributed by atoms with Crippen LogP contribution in [-0.4, -0.2) is 39.7 Å². The molecule has 1 aromatic rings. The van der Waals surface area contributed by atoms with Gasteiger partial charge in [-0.05, 0) is 18.2 Å². The number of carbonyl (C=O) groups excluding carboxylic acids is 2. The third-order valence-electron chi connectivity index (χ3n) is 3.31. The van der Waals surface area contributed by atoms with Gasteiger partial charge in [0.1, 0.15) is 5.82 Å². The van der Waals surface area contributed by atoms with E-state index in [0.29, 0.717) is 0 Å². The van der Waals surface area contributed by atoms with Crippen molar-refractivity contribution in [3.8, 4) is 0 Å². The number of halogens is 2. The number of carbonyl (C=O) groups is 2. The first-order chi connectivity index (χ1) is 10.2. The van der Waals surface area contributed by atoms with E-state index in [-0.39, 0.29) is 24.2 Å². The molecule has 1 atom stereocenters. The quantitative estimate of drug-likeness (QED) is 0.612. The van der Waals surface area contributed by atoms with E-state index in [2.05, 4.69) is 4.74 Å². The number of amides is 1. The second-order valence-corrected chi connectivity index (χ2v) is 6.35. The summed E-state index contributed by atoms with van der Waals surface area (Å²) in [5, 5.41) is 0. The molecule has 0 radical (unpaired) electrons. The highest BCUT2D eigenvalue weighted by molar-refractivity contribution is 7.86. The molecule has 1 unspecified atom stereocenters. The largest absolute Gasteiger partial charge is 0.465 e. The van der Waals surface area contributed by atoms with Crippen molar-refractivity contribution >= 4 is 27.8 Å². The van der Waals surface area contributed by atoms with Crippen LogP contribution in [0.3, 0.4) is 0 Å². The van der Waals surface area contributed by atoms with Gasteiger partial charge >= 0.3 is 16.2 Å². The van der Waals surface area contributed by atoms with Gasteiger partial charge in [-0.3, -0.25) is 4.79 Å². The number of methoxy groups -OCH3 is 1. The molecule has 0 spiro atoms. The Balaban J connectivity index is 2.20. The molecular weight excluding hydrogens is 320 g/mol. The zero-order valence-corrected chi connectivity index (χ0v) is 12.4. The minimum atomic E-state index is -4.68. The first-order valence-electron chi connectivity index (χ1n) is 6.32. The third kappa shape index (κ3) is 3.59. The topological polar surface area (TPSA) is 80.8 Å². The van der Waals surface area contributed by atoms with Gasteiger partial charge in [-0.2, -0.15) is 8.42 Å². The Hall–Kier alpha value is -2.03. The molecule has 1 aliphatic rings. The molecule has 0 N–H and O–H groups in total. The molecule has 0 aromatic heterocycles. The van der Waals surface area contributed by atoms with Crippen LogP contribution in [0.25, 0.3) is 0 Å². The smallest absolute Gasteiger partial charge is 0.340 e. The van der Waals surface area contributed by atoms with Gasteiger partial charge in [0.25, 0.3) is 0 Å². The normalized spacial score (nSPS) is 18.6. The molecule has 0 bridgehead atoms. The third-order valence-corrected chi connectivity index (χ3v) is 4.18. The number of rotatable bonds is 4. The Kier molecular flexibility index (Phi) is 4.45. The predicted molar refractivity (Wildman–Crippen MR) is 73.1 cm³/mol. The van der Waals surface area contributed by atoms with Crippen molar-refractivity contribution in [2.75, 3.05) is 24.3 Å². The molecule has 0 aliphatic carbocycles. The summed E-state index contributed by atoms with van der Waals surface area (Å²) in [7, 11) is -3.57. The highest BCUT2D eigenvalue weighted by Gasteiger charge is 2.34. The monoisotopic (exact) mass is 333 g/mol. The van der Waals surface area contributed by atoms with Crippen LogP contribution in [0.4, 0.5) is 14.0 Å². The van der Waals surface area contributed by atoms with Crippen LogP contribution in [0.15, 0.2) is 18.2 Å². The molecule has 1 amide bonds. The van der Waals surface area contributed by atoms with E-state index in [0.717, 1.165) is 13.2 Å². The van der Waals surface area contributed by atoms with E-state index in [9.17, 15) is 26.3 Å². The van der Waals surface area contributed by atoms with Crippen molar-refractivity contribution in [2.45, 2.75) is 6.42 Å². The van der Waals surface area contributed by atoms with E-state index >= 15 is 0 Å². The average molecular weight is 333 g/mol. The Morgan fingerprint density at radius 1 is 1.45 bits per heavy atom. The highest BCUT2D eigenvalue weighted by Crippen LogP contribution is 2.27. The molecule has 9 heteroatoms. The van der Waals surface area contributed by atoms with E-state index < -0.39 is 39.6 Å². The zero-order chi connectivity index (χ0) is 16.5. The number of hydrogen-bond donors (Lipinski definition) is 0. The molecule has 6 nitrogen and oxygen atoms in total. The van der Waals surface area contributed by atoms with Gasteiger partial charge in [-0.1, -0.05) is 0 Å². The summed E-state index contributed by atoms with van der Waals surface area (Å²) < 4.78 is 52.2. The number of nitrogens with zero attached hydrogens (tertiary/aromatic N) is 1. The van der Waals surface area contributed by atoms with Crippen LogP contribution in [0.5, 0.6) is 0 Å². The summed E-state index contributed by atoms with van der Waals surface area (Å²) >= 11 is 0. The lowest BCUT2D eigenvalue weighted by Gasteiger charge is -2.17. The summed E-state index contributed by atoms with van der Waals surface area (Å²) in [5.41, 5.74) is -0.102. The fraction of sp³-hybridized carbons (Fsp3) is 0.385. The Labute approximate surface area is 125 Å². The van der Waals surface area contributed by atoms with Gasteiger partial charge < -0.3 is 9.64 Å². The lowest BCUT2D eigenvalue weighted by Crippen LogP contribution is -2.25. The second-order valence-electron chi connectivity index (χ2n) is 4.94. The van der Waals surface area contributed by atoms with E-state index in [1.807, 2.05) is 0 Å². The van der Waals surface area contributed by atoms with Crippen LogP contribution < -0.4 is 4.90 Å². The maximum Gasteiger partial charge on any atom is 0.340 e. The molecule has 0 saturated carbocycles. The Morgan fingerprint density at radius 2 is 2.14 bits per heavy atom. The number of esters is 1. The van der Waals surface area contributed by atoms with Crippen molar-refractivity contribution in [1.29, 1.82) is 0 Å². The van der Waals surface area contributed by atoms with Gasteiger partial charge in [0, 0.05) is 24.6 Å². The average Bonchev–Trinajstić information content (AvgIpc) is 2.76. The second kappa shape index (κ2) is 5.99. The summed E-state index contributed by atoms with van der Waals surface area (Å²) in [6.45, 7) is -0.0288. The standard InChI is InChI=1S/C13H13F2NO5S/c1-21-13(18)10-3-2-9(5-11(10)14)16-6-8(4-12(16)17)7-22(15,19)20/h2-3,5,8H,4,6-7H2,1H3. The summed E-state index contributed by atoms with van der Waals surface area (Å²) in [4.78, 5) is 24.3. The first-order valence-corrected chi connectivity index (χ1v) is 7.87.